The van der Waals surface area contributed by atoms with E-state index in [0.29, 0.717) is 12.1 Å². The Morgan fingerprint density at radius 1 is 1.03 bits per heavy atom. The van der Waals surface area contributed by atoms with Crippen molar-refractivity contribution in [2.45, 2.75) is 58.5 Å². The lowest BCUT2D eigenvalue weighted by Gasteiger charge is -2.16. The second-order valence-electron chi connectivity index (χ2n) is 10.9. The van der Waals surface area contributed by atoms with Gasteiger partial charge in [-0.05, 0) is 92.6 Å². The number of carbonyl (C=O) groups is 2. The SMILES string of the molecule is C=C(C)c1cccc([C@H](C)NC(=O)c2ccc3c(c2)c(C)c(C)n3Cc2ccc(C3(C(=O)OC)CC3)cc2)c1. The van der Waals surface area contributed by atoms with E-state index in [-0.39, 0.29) is 17.9 Å². The van der Waals surface area contributed by atoms with Crippen LogP contribution in [-0.4, -0.2) is 23.6 Å². The first-order chi connectivity index (χ1) is 18.6. The van der Waals surface area contributed by atoms with Crippen molar-refractivity contribution in [1.82, 2.24) is 9.88 Å². The fourth-order valence-electron chi connectivity index (χ4n) is 5.47. The first kappa shape index (κ1) is 26.5. The molecule has 0 unspecified atom stereocenters. The number of methoxy groups -OCH3 is 1. The molecule has 0 saturated heterocycles. The Labute approximate surface area is 230 Å². The van der Waals surface area contributed by atoms with Crippen LogP contribution in [0, 0.1) is 13.8 Å². The molecule has 1 heterocycles. The number of esters is 1. The van der Waals surface area contributed by atoms with Crippen molar-refractivity contribution in [3.63, 3.8) is 0 Å². The molecule has 5 nitrogen and oxygen atoms in total. The number of hydrogen-bond donors (Lipinski definition) is 1. The maximum Gasteiger partial charge on any atom is 0.316 e. The minimum Gasteiger partial charge on any atom is -0.468 e. The van der Waals surface area contributed by atoms with Crippen LogP contribution >= 0.6 is 0 Å². The van der Waals surface area contributed by atoms with Gasteiger partial charge in [0.05, 0.1) is 18.6 Å². The second-order valence-corrected chi connectivity index (χ2v) is 10.9. The van der Waals surface area contributed by atoms with Gasteiger partial charge in [0, 0.05) is 28.7 Å². The van der Waals surface area contributed by atoms with Crippen molar-refractivity contribution < 1.29 is 14.3 Å². The summed E-state index contributed by atoms with van der Waals surface area (Å²) in [5.74, 6) is -0.238. The summed E-state index contributed by atoms with van der Waals surface area (Å²) < 4.78 is 7.32. The standard InChI is InChI=1S/C34H36N2O3/c1-21(2)26-8-7-9-27(18-26)23(4)35-32(37)28-12-15-31-30(19-28)22(3)24(5)36(31)20-25-10-13-29(14-11-25)34(16-17-34)33(38)39-6/h7-15,18-19,23H,1,16-17,20H2,2-6H3,(H,35,37)/t23-/m0/s1. The van der Waals surface area contributed by atoms with E-state index in [9.17, 15) is 9.59 Å². The average molecular weight is 521 g/mol. The van der Waals surface area contributed by atoms with Crippen molar-refractivity contribution in [3.8, 4) is 0 Å². The first-order valence-electron chi connectivity index (χ1n) is 13.5. The minimum absolute atomic E-state index is 0.0925. The molecular weight excluding hydrogens is 484 g/mol. The normalized spacial score (nSPS) is 14.6. The zero-order valence-corrected chi connectivity index (χ0v) is 23.4. The molecule has 1 atom stereocenters. The summed E-state index contributed by atoms with van der Waals surface area (Å²) in [4.78, 5) is 25.5. The highest BCUT2D eigenvalue weighted by atomic mass is 16.5. The third-order valence-electron chi connectivity index (χ3n) is 8.30. The lowest BCUT2D eigenvalue weighted by atomic mass is 9.95. The van der Waals surface area contributed by atoms with E-state index in [1.54, 1.807) is 0 Å². The molecule has 5 rings (SSSR count). The molecule has 5 heteroatoms. The molecule has 0 spiro atoms. The Kier molecular flexibility index (Phi) is 6.94. The van der Waals surface area contributed by atoms with Gasteiger partial charge < -0.3 is 14.6 Å². The highest BCUT2D eigenvalue weighted by Gasteiger charge is 2.52. The number of benzene rings is 3. The number of rotatable bonds is 8. The van der Waals surface area contributed by atoms with Gasteiger partial charge in [-0.15, -0.1) is 0 Å². The highest BCUT2D eigenvalue weighted by Crippen LogP contribution is 2.49. The lowest BCUT2D eigenvalue weighted by molar-refractivity contribution is -0.143. The molecule has 1 fully saturated rings. The summed E-state index contributed by atoms with van der Waals surface area (Å²) in [7, 11) is 1.46. The molecule has 1 aliphatic rings. The van der Waals surface area contributed by atoms with Crippen LogP contribution in [0.15, 0.2) is 73.3 Å². The van der Waals surface area contributed by atoms with Crippen molar-refractivity contribution in [2.75, 3.05) is 7.11 Å². The van der Waals surface area contributed by atoms with Gasteiger partial charge >= 0.3 is 5.97 Å². The highest BCUT2D eigenvalue weighted by molar-refractivity contribution is 5.99. The van der Waals surface area contributed by atoms with E-state index in [1.807, 2.05) is 50.2 Å². The topological polar surface area (TPSA) is 60.3 Å². The third-order valence-corrected chi connectivity index (χ3v) is 8.30. The molecular formula is C34H36N2O3. The van der Waals surface area contributed by atoms with E-state index < -0.39 is 5.41 Å². The summed E-state index contributed by atoms with van der Waals surface area (Å²) in [6.45, 7) is 13.0. The van der Waals surface area contributed by atoms with Crippen LogP contribution in [0.2, 0.25) is 0 Å². The summed E-state index contributed by atoms with van der Waals surface area (Å²) in [5.41, 5.74) is 8.94. The lowest BCUT2D eigenvalue weighted by Crippen LogP contribution is -2.26. The van der Waals surface area contributed by atoms with Crippen molar-refractivity contribution in [1.29, 1.82) is 0 Å². The number of ether oxygens (including phenoxy) is 1. The van der Waals surface area contributed by atoms with Gasteiger partial charge in [0.25, 0.3) is 5.91 Å². The molecule has 39 heavy (non-hydrogen) atoms. The van der Waals surface area contributed by atoms with E-state index in [1.165, 1.54) is 18.4 Å². The van der Waals surface area contributed by atoms with Gasteiger partial charge in [0.2, 0.25) is 0 Å². The number of nitrogens with one attached hydrogen (secondary N) is 1. The Bertz CT molecular complexity index is 1590. The monoisotopic (exact) mass is 520 g/mol. The molecule has 1 amide bonds. The predicted octanol–water partition coefficient (Wildman–Crippen LogP) is 7.04. The number of hydrogen-bond acceptors (Lipinski definition) is 3. The number of amides is 1. The number of nitrogens with zero attached hydrogens (tertiary/aromatic N) is 1. The molecule has 4 aromatic rings. The number of aryl methyl sites for hydroxylation is 1. The van der Waals surface area contributed by atoms with Crippen LogP contribution in [0.3, 0.4) is 0 Å². The zero-order chi connectivity index (χ0) is 27.9. The van der Waals surface area contributed by atoms with E-state index in [2.05, 4.69) is 60.6 Å². The number of aromatic nitrogens is 1. The molecule has 0 aliphatic heterocycles. The summed E-state index contributed by atoms with van der Waals surface area (Å²) >= 11 is 0. The fourth-order valence-corrected chi connectivity index (χ4v) is 5.47. The maximum atomic E-state index is 13.2. The Morgan fingerprint density at radius 3 is 2.38 bits per heavy atom. The molecule has 1 N–H and O–H groups in total. The van der Waals surface area contributed by atoms with E-state index in [4.69, 9.17) is 4.74 Å². The minimum atomic E-state index is -0.457. The van der Waals surface area contributed by atoms with Gasteiger partial charge in [0.15, 0.2) is 0 Å². The summed E-state index contributed by atoms with van der Waals surface area (Å²) in [6.07, 6.45) is 1.68. The molecule has 200 valence electrons. The molecule has 1 saturated carbocycles. The van der Waals surface area contributed by atoms with Crippen LogP contribution in [-0.2, 0) is 21.5 Å². The van der Waals surface area contributed by atoms with Crippen LogP contribution in [0.25, 0.3) is 16.5 Å². The fraction of sp³-hybridized carbons (Fsp3) is 0.294. The van der Waals surface area contributed by atoms with Crippen LogP contribution in [0.4, 0.5) is 0 Å². The molecule has 0 bridgehead atoms. The largest absolute Gasteiger partial charge is 0.468 e. The summed E-state index contributed by atoms with van der Waals surface area (Å²) in [5, 5.41) is 4.23. The van der Waals surface area contributed by atoms with Gasteiger partial charge in [-0.3, -0.25) is 9.59 Å². The number of carbonyl (C=O) groups excluding carboxylic acids is 2. The third kappa shape index (κ3) is 4.89. The predicted molar refractivity (Wildman–Crippen MR) is 157 cm³/mol. The Balaban J connectivity index is 1.36. The second kappa shape index (κ2) is 10.2. The number of fused-ring (bicyclic) bond motifs is 1. The Morgan fingerprint density at radius 2 is 1.74 bits per heavy atom. The van der Waals surface area contributed by atoms with Crippen molar-refractivity contribution >= 4 is 28.4 Å². The van der Waals surface area contributed by atoms with E-state index in [0.717, 1.165) is 51.6 Å². The average Bonchev–Trinajstić information content (AvgIpc) is 3.73. The molecule has 1 aliphatic carbocycles. The maximum absolute atomic E-state index is 13.2. The van der Waals surface area contributed by atoms with Crippen molar-refractivity contribution in [2.24, 2.45) is 0 Å². The van der Waals surface area contributed by atoms with Gasteiger partial charge in [-0.2, -0.15) is 0 Å². The van der Waals surface area contributed by atoms with E-state index >= 15 is 0 Å². The Hall–Kier alpha value is -4.12. The van der Waals surface area contributed by atoms with Gasteiger partial charge in [0.1, 0.15) is 0 Å². The quantitative estimate of drug-likeness (QED) is 0.254. The van der Waals surface area contributed by atoms with Crippen molar-refractivity contribution in [3.05, 3.63) is 112 Å². The van der Waals surface area contributed by atoms with Gasteiger partial charge in [-0.25, -0.2) is 0 Å². The van der Waals surface area contributed by atoms with Gasteiger partial charge in [-0.1, -0.05) is 54.6 Å². The molecule has 3 aromatic carbocycles. The first-order valence-corrected chi connectivity index (χ1v) is 13.5. The van der Waals surface area contributed by atoms with Crippen LogP contribution in [0.5, 0.6) is 0 Å². The molecule has 1 aromatic heterocycles. The summed E-state index contributed by atoms with van der Waals surface area (Å²) in [6, 6.07) is 22.3. The smallest absolute Gasteiger partial charge is 0.316 e. The van der Waals surface area contributed by atoms with Crippen LogP contribution < -0.4 is 5.32 Å². The zero-order valence-electron chi connectivity index (χ0n) is 23.4. The van der Waals surface area contributed by atoms with Crippen LogP contribution in [0.1, 0.15) is 76.6 Å². The number of allylic oxidation sites excluding steroid dienone is 1. The molecule has 0 radical (unpaired) electrons.